The number of aliphatic imine (C=N–C) groups is 1. The summed E-state index contributed by atoms with van der Waals surface area (Å²) in [6.45, 7) is 5.36. The van der Waals surface area contributed by atoms with E-state index in [1.54, 1.807) is 0 Å². The number of nitrogens with zero attached hydrogens (tertiary/aromatic N) is 2. The van der Waals surface area contributed by atoms with E-state index in [1.807, 2.05) is 0 Å². The lowest BCUT2D eigenvalue weighted by atomic mass is 9.79. The van der Waals surface area contributed by atoms with Crippen LogP contribution >= 0.6 is 0 Å². The molecule has 8 rings (SSSR count). The molecule has 49 heavy (non-hydrogen) atoms. The zero-order valence-corrected chi connectivity index (χ0v) is 28.3. The van der Waals surface area contributed by atoms with Gasteiger partial charge in [-0.25, -0.2) is 0 Å². The van der Waals surface area contributed by atoms with Gasteiger partial charge in [-0.05, 0) is 67.8 Å². The zero-order chi connectivity index (χ0) is 33.2. The third-order valence-corrected chi connectivity index (χ3v) is 10.2. The molecular formula is C47H42N2. The van der Waals surface area contributed by atoms with Crippen LogP contribution in [0.1, 0.15) is 31.7 Å². The first kappa shape index (κ1) is 30.8. The summed E-state index contributed by atoms with van der Waals surface area (Å²) in [5, 5.41) is 5.16. The molecule has 2 heteroatoms. The number of rotatable bonds is 8. The van der Waals surface area contributed by atoms with E-state index in [1.165, 1.54) is 54.9 Å². The average Bonchev–Trinajstić information content (AvgIpc) is 3.52. The van der Waals surface area contributed by atoms with E-state index in [9.17, 15) is 0 Å². The smallest absolute Gasteiger partial charge is 0.132 e. The molecule has 4 atom stereocenters. The van der Waals surface area contributed by atoms with E-state index < -0.39 is 0 Å². The molecule has 0 aromatic heterocycles. The second-order valence-electron chi connectivity index (χ2n) is 13.3. The minimum Gasteiger partial charge on any atom is -0.344 e. The van der Waals surface area contributed by atoms with Crippen molar-refractivity contribution in [2.75, 3.05) is 6.54 Å². The van der Waals surface area contributed by atoms with Crippen molar-refractivity contribution in [3.8, 4) is 22.3 Å². The maximum Gasteiger partial charge on any atom is 0.132 e. The van der Waals surface area contributed by atoms with Crippen molar-refractivity contribution in [3.63, 3.8) is 0 Å². The summed E-state index contributed by atoms with van der Waals surface area (Å²) < 4.78 is 0. The SMILES string of the molecule is CC/C=C\C=C/CN1C(C2=CC(C)C(c3ccc4c(-c5ccccc5)c5ccccc5c(-c5ccccc5)c4c3)C=C2)=NC2C=CC=CC21. The summed E-state index contributed by atoms with van der Waals surface area (Å²) in [7, 11) is 0. The topological polar surface area (TPSA) is 15.6 Å². The highest BCUT2D eigenvalue weighted by Crippen LogP contribution is 2.45. The Morgan fingerprint density at radius 2 is 1.31 bits per heavy atom. The normalized spacial score (nSPS) is 21.6. The Kier molecular flexibility index (Phi) is 8.54. The first-order valence-corrected chi connectivity index (χ1v) is 17.7. The second-order valence-corrected chi connectivity index (χ2v) is 13.3. The van der Waals surface area contributed by atoms with Crippen molar-refractivity contribution in [1.29, 1.82) is 0 Å². The van der Waals surface area contributed by atoms with Gasteiger partial charge in [-0.15, -0.1) is 0 Å². The molecular weight excluding hydrogens is 593 g/mol. The Morgan fingerprint density at radius 1 is 0.673 bits per heavy atom. The van der Waals surface area contributed by atoms with E-state index in [0.29, 0.717) is 5.92 Å². The van der Waals surface area contributed by atoms with Crippen LogP contribution in [0.3, 0.4) is 0 Å². The lowest BCUT2D eigenvalue weighted by Gasteiger charge is -2.30. The van der Waals surface area contributed by atoms with Crippen LogP contribution in [-0.2, 0) is 0 Å². The molecule has 1 heterocycles. The molecule has 0 N–H and O–H groups in total. The maximum atomic E-state index is 5.25. The second kappa shape index (κ2) is 13.6. The fourth-order valence-corrected chi connectivity index (χ4v) is 7.89. The number of hydrogen-bond acceptors (Lipinski definition) is 2. The van der Waals surface area contributed by atoms with Gasteiger partial charge in [0.15, 0.2) is 0 Å². The van der Waals surface area contributed by atoms with Crippen LogP contribution in [0.2, 0.25) is 0 Å². The molecule has 0 bridgehead atoms. The largest absolute Gasteiger partial charge is 0.344 e. The molecule has 4 unspecified atom stereocenters. The van der Waals surface area contributed by atoms with E-state index >= 15 is 0 Å². The monoisotopic (exact) mass is 634 g/mol. The van der Waals surface area contributed by atoms with Gasteiger partial charge < -0.3 is 4.90 Å². The maximum absolute atomic E-state index is 5.25. The molecule has 5 aromatic carbocycles. The Balaban J connectivity index is 1.20. The number of fused-ring (bicyclic) bond motifs is 3. The zero-order valence-electron chi connectivity index (χ0n) is 28.3. The van der Waals surface area contributed by atoms with Gasteiger partial charge in [0.25, 0.3) is 0 Å². The van der Waals surface area contributed by atoms with Crippen LogP contribution in [0.15, 0.2) is 181 Å². The van der Waals surface area contributed by atoms with E-state index in [-0.39, 0.29) is 18.0 Å². The number of benzene rings is 5. The van der Waals surface area contributed by atoms with Crippen molar-refractivity contribution in [1.82, 2.24) is 4.90 Å². The average molecular weight is 635 g/mol. The number of hydrogen-bond donors (Lipinski definition) is 0. The summed E-state index contributed by atoms with van der Waals surface area (Å²) in [5.41, 5.74) is 7.66. The first-order valence-electron chi connectivity index (χ1n) is 17.7. The third-order valence-electron chi connectivity index (χ3n) is 10.2. The van der Waals surface area contributed by atoms with Gasteiger partial charge >= 0.3 is 0 Å². The van der Waals surface area contributed by atoms with Gasteiger partial charge in [-0.3, -0.25) is 4.99 Å². The third kappa shape index (κ3) is 5.82. The summed E-state index contributed by atoms with van der Waals surface area (Å²) in [6, 6.07) is 38.3. The first-order chi connectivity index (χ1) is 24.2. The van der Waals surface area contributed by atoms with Gasteiger partial charge in [0, 0.05) is 18.0 Å². The van der Waals surface area contributed by atoms with Crippen LogP contribution in [0.4, 0.5) is 0 Å². The highest BCUT2D eigenvalue weighted by molar-refractivity contribution is 6.21. The Morgan fingerprint density at radius 3 is 2.00 bits per heavy atom. The Labute approximate surface area is 290 Å². The summed E-state index contributed by atoms with van der Waals surface area (Å²) in [5.74, 6) is 1.67. The fraction of sp³-hybridized carbons (Fsp3) is 0.170. The molecule has 240 valence electrons. The van der Waals surface area contributed by atoms with Gasteiger partial charge in [0.2, 0.25) is 0 Å². The number of allylic oxidation sites excluding steroid dienone is 7. The molecule has 2 nitrogen and oxygen atoms in total. The molecule has 0 saturated heterocycles. The predicted molar refractivity (Wildman–Crippen MR) is 210 cm³/mol. The summed E-state index contributed by atoms with van der Waals surface area (Å²) in [6.07, 6.45) is 25.8. The Bertz CT molecular complexity index is 2210. The van der Waals surface area contributed by atoms with Crippen LogP contribution in [0.25, 0.3) is 43.8 Å². The highest BCUT2D eigenvalue weighted by Gasteiger charge is 2.35. The quantitative estimate of drug-likeness (QED) is 0.122. The molecule has 0 spiro atoms. The van der Waals surface area contributed by atoms with Gasteiger partial charge in [0.05, 0.1) is 12.1 Å². The molecule has 0 amide bonds. The minimum atomic E-state index is 0.160. The molecule has 0 fully saturated rings. The molecule has 5 aromatic rings. The van der Waals surface area contributed by atoms with E-state index in [2.05, 4.69) is 189 Å². The van der Waals surface area contributed by atoms with Crippen molar-refractivity contribution < 1.29 is 0 Å². The molecule has 3 aliphatic rings. The van der Waals surface area contributed by atoms with Crippen molar-refractivity contribution in [3.05, 3.63) is 181 Å². The van der Waals surface area contributed by atoms with Crippen LogP contribution in [0, 0.1) is 5.92 Å². The van der Waals surface area contributed by atoms with Crippen LogP contribution in [-0.4, -0.2) is 29.4 Å². The summed E-state index contributed by atoms with van der Waals surface area (Å²) >= 11 is 0. The molecule has 0 radical (unpaired) electrons. The van der Waals surface area contributed by atoms with Crippen LogP contribution in [0.5, 0.6) is 0 Å². The lowest BCUT2D eigenvalue weighted by Crippen LogP contribution is -2.39. The standard InChI is InChI=1S/C47H42N2/c1-3-4-5-6-17-30-49-44-25-16-15-24-43(44)48-47(49)37-27-28-38(33(2)31-37)36-26-29-41-42(32-36)46(35-20-11-8-12-21-35)40-23-14-13-22-39(40)45(41)34-18-9-7-10-19-34/h4-29,31-33,38,43-44H,3,30H2,1-2H3/b5-4-,17-6-. The van der Waals surface area contributed by atoms with Crippen LogP contribution < -0.4 is 0 Å². The predicted octanol–water partition coefficient (Wildman–Crippen LogP) is 11.6. The van der Waals surface area contributed by atoms with E-state index in [0.717, 1.165) is 18.8 Å². The van der Waals surface area contributed by atoms with Gasteiger partial charge in [-0.1, -0.05) is 178 Å². The highest BCUT2D eigenvalue weighted by atomic mass is 15.3. The summed E-state index contributed by atoms with van der Waals surface area (Å²) in [4.78, 5) is 7.71. The minimum absolute atomic E-state index is 0.160. The molecule has 1 aliphatic heterocycles. The van der Waals surface area contributed by atoms with Gasteiger partial charge in [0.1, 0.15) is 5.84 Å². The van der Waals surface area contributed by atoms with Crippen molar-refractivity contribution in [2.24, 2.45) is 10.9 Å². The lowest BCUT2D eigenvalue weighted by molar-refractivity contribution is 0.403. The van der Waals surface area contributed by atoms with Crippen molar-refractivity contribution in [2.45, 2.75) is 38.3 Å². The number of amidine groups is 1. The molecule has 0 saturated carbocycles. The fourth-order valence-electron chi connectivity index (χ4n) is 7.89. The van der Waals surface area contributed by atoms with Gasteiger partial charge in [-0.2, -0.15) is 0 Å². The van der Waals surface area contributed by atoms with E-state index in [4.69, 9.17) is 4.99 Å². The molecule has 2 aliphatic carbocycles. The Hall–Kier alpha value is -5.47. The van der Waals surface area contributed by atoms with Crippen molar-refractivity contribution >= 4 is 27.4 Å².